The molecule has 0 amide bonds. The van der Waals surface area contributed by atoms with E-state index in [4.69, 9.17) is 10.8 Å². The first-order chi connectivity index (χ1) is 9.31. The van der Waals surface area contributed by atoms with Crippen molar-refractivity contribution >= 4 is 15.9 Å². The number of aliphatic hydroxyl groups excluding tert-OH is 1. The topological polar surface area (TPSA) is 49.5 Å². The van der Waals surface area contributed by atoms with Gasteiger partial charge in [0, 0.05) is 23.6 Å². The van der Waals surface area contributed by atoms with Crippen LogP contribution in [0.1, 0.15) is 18.0 Å². The van der Waals surface area contributed by atoms with E-state index < -0.39 is 12.7 Å². The number of nitrogens with zero attached hydrogens (tertiary/aromatic N) is 1. The van der Waals surface area contributed by atoms with Gasteiger partial charge in [-0.05, 0) is 24.1 Å². The van der Waals surface area contributed by atoms with Crippen LogP contribution >= 0.6 is 15.9 Å². The highest BCUT2D eigenvalue weighted by Gasteiger charge is 2.30. The molecular weight excluding hydrogens is 337 g/mol. The summed E-state index contributed by atoms with van der Waals surface area (Å²) < 4.78 is 38.0. The van der Waals surface area contributed by atoms with Crippen LogP contribution in [0, 0.1) is 0 Å². The quantitative estimate of drug-likeness (QED) is 0.791. The molecule has 3 N–H and O–H groups in total. The van der Waals surface area contributed by atoms with Gasteiger partial charge < -0.3 is 10.8 Å². The second-order valence-electron chi connectivity index (χ2n) is 4.56. The molecule has 1 aromatic rings. The molecule has 114 valence electrons. The van der Waals surface area contributed by atoms with Crippen LogP contribution in [0.15, 0.2) is 28.7 Å². The van der Waals surface area contributed by atoms with Gasteiger partial charge in [0.05, 0.1) is 13.2 Å². The van der Waals surface area contributed by atoms with Crippen molar-refractivity contribution in [2.45, 2.75) is 18.6 Å². The molecule has 3 nitrogen and oxygen atoms in total. The molecule has 0 radical (unpaired) electrons. The molecule has 0 fully saturated rings. The normalized spacial score (nSPS) is 13.8. The third-order valence-corrected chi connectivity index (χ3v) is 3.40. The monoisotopic (exact) mass is 354 g/mol. The molecular formula is C13H18BrF3N2O. The van der Waals surface area contributed by atoms with Crippen molar-refractivity contribution in [1.29, 1.82) is 0 Å². The third kappa shape index (κ3) is 6.69. The van der Waals surface area contributed by atoms with Crippen molar-refractivity contribution in [2.75, 3.05) is 26.2 Å². The van der Waals surface area contributed by atoms with E-state index in [1.165, 1.54) is 4.90 Å². The Labute approximate surface area is 124 Å². The molecule has 20 heavy (non-hydrogen) atoms. The Bertz CT molecular complexity index is 398. The predicted molar refractivity (Wildman–Crippen MR) is 75.3 cm³/mol. The lowest BCUT2D eigenvalue weighted by atomic mass is 10.0. The van der Waals surface area contributed by atoms with Crippen molar-refractivity contribution in [2.24, 2.45) is 5.73 Å². The maximum atomic E-state index is 12.4. The van der Waals surface area contributed by atoms with Gasteiger partial charge in [-0.3, -0.25) is 4.90 Å². The van der Waals surface area contributed by atoms with Gasteiger partial charge in [-0.2, -0.15) is 13.2 Å². The first kappa shape index (κ1) is 17.4. The van der Waals surface area contributed by atoms with Crippen LogP contribution in [0.2, 0.25) is 0 Å². The molecule has 1 atom stereocenters. The Morgan fingerprint density at radius 1 is 1.20 bits per heavy atom. The minimum Gasteiger partial charge on any atom is -0.395 e. The van der Waals surface area contributed by atoms with E-state index >= 15 is 0 Å². The van der Waals surface area contributed by atoms with Gasteiger partial charge in [0.2, 0.25) is 0 Å². The highest BCUT2D eigenvalue weighted by molar-refractivity contribution is 9.10. The summed E-state index contributed by atoms with van der Waals surface area (Å²) in [6.45, 7) is -1.14. The maximum absolute atomic E-state index is 12.4. The Morgan fingerprint density at radius 2 is 1.80 bits per heavy atom. The lowest BCUT2D eigenvalue weighted by Gasteiger charge is -2.24. The number of halogens is 4. The fraction of sp³-hybridized carbons (Fsp3) is 0.538. The van der Waals surface area contributed by atoms with E-state index in [1.807, 2.05) is 24.3 Å². The molecule has 0 saturated heterocycles. The minimum atomic E-state index is -4.27. The number of benzene rings is 1. The summed E-state index contributed by atoms with van der Waals surface area (Å²) in [5.74, 6) is 0. The summed E-state index contributed by atoms with van der Waals surface area (Å²) in [5, 5.41) is 8.80. The number of alkyl halides is 3. The molecule has 0 aliphatic heterocycles. The summed E-state index contributed by atoms with van der Waals surface area (Å²) in [6, 6.07) is 7.05. The standard InChI is InChI=1S/C13H18BrF3N2O/c14-11-3-1-10(2-4-11)12(18)5-6-19(7-8-20)9-13(15,16)17/h1-4,12,20H,5-9,18H2. The molecule has 0 saturated carbocycles. The summed E-state index contributed by atoms with van der Waals surface area (Å²) in [4.78, 5) is 1.17. The van der Waals surface area contributed by atoms with E-state index in [1.54, 1.807) is 0 Å². The fourth-order valence-electron chi connectivity index (χ4n) is 1.86. The van der Waals surface area contributed by atoms with E-state index in [0.717, 1.165) is 10.0 Å². The zero-order valence-electron chi connectivity index (χ0n) is 10.9. The Balaban J connectivity index is 2.51. The molecule has 0 aromatic heterocycles. The highest BCUT2D eigenvalue weighted by atomic mass is 79.9. The molecule has 0 aliphatic rings. The summed E-state index contributed by atoms with van der Waals surface area (Å²) in [5.41, 5.74) is 6.85. The first-order valence-corrected chi connectivity index (χ1v) is 7.02. The van der Waals surface area contributed by atoms with Crippen molar-refractivity contribution in [3.63, 3.8) is 0 Å². The number of hydrogen-bond donors (Lipinski definition) is 2. The average Bonchev–Trinajstić information content (AvgIpc) is 2.35. The van der Waals surface area contributed by atoms with E-state index in [2.05, 4.69) is 15.9 Å². The Kier molecular flexibility index (Phi) is 6.94. The van der Waals surface area contributed by atoms with Gasteiger partial charge in [0.15, 0.2) is 0 Å². The van der Waals surface area contributed by atoms with Crippen LogP contribution in [-0.4, -0.2) is 42.4 Å². The van der Waals surface area contributed by atoms with E-state index in [-0.39, 0.29) is 25.7 Å². The van der Waals surface area contributed by atoms with Gasteiger partial charge in [-0.1, -0.05) is 28.1 Å². The number of rotatable bonds is 7. The van der Waals surface area contributed by atoms with Gasteiger partial charge in [0.1, 0.15) is 0 Å². The Hall–Kier alpha value is -0.630. The largest absolute Gasteiger partial charge is 0.401 e. The second kappa shape index (κ2) is 7.97. The van der Waals surface area contributed by atoms with Gasteiger partial charge in [-0.25, -0.2) is 0 Å². The summed E-state index contributed by atoms with van der Waals surface area (Å²) in [6.07, 6.45) is -3.87. The van der Waals surface area contributed by atoms with Gasteiger partial charge in [-0.15, -0.1) is 0 Å². The average molecular weight is 355 g/mol. The first-order valence-electron chi connectivity index (χ1n) is 6.23. The fourth-order valence-corrected chi connectivity index (χ4v) is 2.13. The van der Waals surface area contributed by atoms with Gasteiger partial charge in [0.25, 0.3) is 0 Å². The van der Waals surface area contributed by atoms with Crippen LogP contribution in [0.25, 0.3) is 0 Å². The van der Waals surface area contributed by atoms with Crippen LogP contribution in [0.4, 0.5) is 13.2 Å². The van der Waals surface area contributed by atoms with Crippen molar-refractivity contribution in [3.8, 4) is 0 Å². The lowest BCUT2D eigenvalue weighted by molar-refractivity contribution is -0.146. The molecule has 0 spiro atoms. The molecule has 1 unspecified atom stereocenters. The molecule has 0 heterocycles. The number of aliphatic hydroxyl groups is 1. The smallest absolute Gasteiger partial charge is 0.395 e. The van der Waals surface area contributed by atoms with Crippen LogP contribution in [-0.2, 0) is 0 Å². The van der Waals surface area contributed by atoms with E-state index in [0.29, 0.717) is 6.42 Å². The lowest BCUT2D eigenvalue weighted by Crippen LogP contribution is -2.37. The SMILES string of the molecule is NC(CCN(CCO)CC(F)(F)F)c1ccc(Br)cc1. The van der Waals surface area contributed by atoms with Crippen LogP contribution in [0.3, 0.4) is 0 Å². The zero-order valence-corrected chi connectivity index (χ0v) is 12.5. The maximum Gasteiger partial charge on any atom is 0.401 e. The third-order valence-electron chi connectivity index (χ3n) is 2.87. The van der Waals surface area contributed by atoms with Crippen molar-refractivity contribution < 1.29 is 18.3 Å². The molecule has 1 aromatic carbocycles. The van der Waals surface area contributed by atoms with Crippen molar-refractivity contribution in [1.82, 2.24) is 4.90 Å². The summed E-state index contributed by atoms with van der Waals surface area (Å²) in [7, 11) is 0. The Morgan fingerprint density at radius 3 is 2.30 bits per heavy atom. The minimum absolute atomic E-state index is 0.00737. The van der Waals surface area contributed by atoms with Crippen LogP contribution in [0.5, 0.6) is 0 Å². The molecule has 0 aliphatic carbocycles. The van der Waals surface area contributed by atoms with E-state index in [9.17, 15) is 13.2 Å². The second-order valence-corrected chi connectivity index (χ2v) is 5.48. The number of hydrogen-bond acceptors (Lipinski definition) is 3. The molecule has 0 bridgehead atoms. The molecule has 1 rings (SSSR count). The highest BCUT2D eigenvalue weighted by Crippen LogP contribution is 2.20. The zero-order chi connectivity index (χ0) is 15.2. The molecule has 7 heteroatoms. The van der Waals surface area contributed by atoms with Gasteiger partial charge >= 0.3 is 6.18 Å². The van der Waals surface area contributed by atoms with Crippen LogP contribution < -0.4 is 5.73 Å². The van der Waals surface area contributed by atoms with Crippen molar-refractivity contribution in [3.05, 3.63) is 34.3 Å². The number of nitrogens with two attached hydrogens (primary N) is 1. The summed E-state index contributed by atoms with van der Waals surface area (Å²) >= 11 is 3.31. The predicted octanol–water partition coefficient (Wildman–Crippen LogP) is 2.70.